The number of piperazine rings is 1. The second-order valence-corrected chi connectivity index (χ2v) is 10.1. The Bertz CT molecular complexity index is 1570. The number of rotatable bonds is 8. The number of fused-ring (bicyclic) bond motifs is 1. The summed E-state index contributed by atoms with van der Waals surface area (Å²) in [4.78, 5) is 23.5. The Morgan fingerprint density at radius 3 is 2.55 bits per heavy atom. The van der Waals surface area contributed by atoms with Crippen molar-refractivity contribution in [1.29, 1.82) is 0 Å². The molecule has 4 aromatic rings. The van der Waals surface area contributed by atoms with Crippen molar-refractivity contribution in [2.45, 2.75) is 12.7 Å². The number of carbonyl (C=O) groups excluding carboxylic acids is 1. The summed E-state index contributed by atoms with van der Waals surface area (Å²) in [6.45, 7) is 3.11. The Kier molecular flexibility index (Phi) is 8.82. The predicted molar refractivity (Wildman–Crippen MR) is 150 cm³/mol. The number of hydrogen-bond donors (Lipinski definition) is 4. The Morgan fingerprint density at radius 2 is 1.83 bits per heavy atom. The SMILES string of the molecule is O=C(Nc1ccc(CN2CCN(CCO)CC2)c(C(F)(F)F)c1)Nc1ccc(Oc2ccnc3[nH]cc(Cl)c23)cc1F. The molecule has 0 aliphatic carbocycles. The third kappa shape index (κ3) is 6.93. The monoisotopic (exact) mass is 606 g/mol. The van der Waals surface area contributed by atoms with E-state index in [-0.39, 0.29) is 35.8 Å². The summed E-state index contributed by atoms with van der Waals surface area (Å²) >= 11 is 6.17. The molecular formula is C28H27ClF4N6O3. The minimum atomic E-state index is -4.64. The van der Waals surface area contributed by atoms with Crippen molar-refractivity contribution in [3.8, 4) is 11.5 Å². The van der Waals surface area contributed by atoms with Gasteiger partial charge in [-0.3, -0.25) is 9.80 Å². The smallest absolute Gasteiger partial charge is 0.416 e. The third-order valence-electron chi connectivity index (χ3n) is 6.85. The number of aromatic nitrogens is 2. The van der Waals surface area contributed by atoms with Crippen LogP contribution in [0.2, 0.25) is 5.02 Å². The molecule has 0 saturated carbocycles. The van der Waals surface area contributed by atoms with Crippen molar-refractivity contribution in [3.63, 3.8) is 0 Å². The van der Waals surface area contributed by atoms with Crippen LogP contribution in [0.3, 0.4) is 0 Å². The van der Waals surface area contributed by atoms with Crippen molar-refractivity contribution in [3.05, 3.63) is 76.8 Å². The lowest BCUT2D eigenvalue weighted by molar-refractivity contribution is -0.138. The maximum Gasteiger partial charge on any atom is 0.416 e. The summed E-state index contributed by atoms with van der Waals surface area (Å²) in [6.07, 6.45) is -1.60. The van der Waals surface area contributed by atoms with Crippen LogP contribution in [0.4, 0.5) is 33.7 Å². The Hall–Kier alpha value is -3.91. The predicted octanol–water partition coefficient (Wildman–Crippen LogP) is 5.92. The summed E-state index contributed by atoms with van der Waals surface area (Å²) in [7, 11) is 0. The minimum Gasteiger partial charge on any atom is -0.456 e. The van der Waals surface area contributed by atoms with Gasteiger partial charge in [0.15, 0.2) is 0 Å². The van der Waals surface area contributed by atoms with Gasteiger partial charge in [-0.25, -0.2) is 14.2 Å². The zero-order valence-electron chi connectivity index (χ0n) is 22.1. The van der Waals surface area contributed by atoms with E-state index in [9.17, 15) is 22.4 Å². The number of H-pyrrole nitrogens is 1. The van der Waals surface area contributed by atoms with Gasteiger partial charge in [-0.15, -0.1) is 0 Å². The van der Waals surface area contributed by atoms with E-state index < -0.39 is 23.6 Å². The lowest BCUT2D eigenvalue weighted by Gasteiger charge is -2.34. The van der Waals surface area contributed by atoms with E-state index in [1.54, 1.807) is 12.3 Å². The number of pyridine rings is 1. The molecule has 0 spiro atoms. The summed E-state index contributed by atoms with van der Waals surface area (Å²) in [5, 5.41) is 14.6. The molecule has 14 heteroatoms. The lowest BCUT2D eigenvalue weighted by atomic mass is 10.0. The molecule has 0 radical (unpaired) electrons. The second kappa shape index (κ2) is 12.5. The van der Waals surface area contributed by atoms with E-state index in [1.807, 2.05) is 9.80 Å². The van der Waals surface area contributed by atoms with E-state index >= 15 is 0 Å². The van der Waals surface area contributed by atoms with Gasteiger partial charge in [0, 0.05) is 63.4 Å². The van der Waals surface area contributed by atoms with Crippen LogP contribution in [-0.2, 0) is 12.7 Å². The number of anilines is 2. The van der Waals surface area contributed by atoms with Gasteiger partial charge in [-0.1, -0.05) is 17.7 Å². The maximum atomic E-state index is 14.8. The number of nitrogens with one attached hydrogen (secondary N) is 3. The van der Waals surface area contributed by atoms with E-state index in [1.165, 1.54) is 30.5 Å². The molecule has 5 rings (SSSR count). The fourth-order valence-corrected chi connectivity index (χ4v) is 4.99. The maximum absolute atomic E-state index is 14.8. The Balaban J connectivity index is 1.23. The Labute approximate surface area is 243 Å². The number of aromatic amines is 1. The van der Waals surface area contributed by atoms with Gasteiger partial charge in [0.1, 0.15) is 23.0 Å². The number of benzene rings is 2. The number of urea groups is 1. The molecule has 1 aliphatic heterocycles. The Morgan fingerprint density at radius 1 is 1.07 bits per heavy atom. The van der Waals surface area contributed by atoms with Crippen molar-refractivity contribution in [1.82, 2.24) is 19.8 Å². The number of nitrogens with zero attached hydrogens (tertiary/aromatic N) is 3. The molecule has 0 bridgehead atoms. The van der Waals surface area contributed by atoms with Crippen molar-refractivity contribution >= 4 is 40.0 Å². The highest BCUT2D eigenvalue weighted by Gasteiger charge is 2.34. The second-order valence-electron chi connectivity index (χ2n) is 9.70. The molecule has 1 fully saturated rings. The number of alkyl halides is 3. The van der Waals surface area contributed by atoms with Crippen molar-refractivity contribution < 1.29 is 32.2 Å². The van der Waals surface area contributed by atoms with Gasteiger partial charge in [0.2, 0.25) is 0 Å². The van der Waals surface area contributed by atoms with E-state index in [0.29, 0.717) is 54.5 Å². The molecule has 2 aromatic carbocycles. The standard InChI is InChI=1S/C28H27ClF4N6O3/c29-21-15-35-26-25(21)24(5-6-34-26)42-19-3-4-23(22(30)14-19)37-27(41)36-18-2-1-17(20(13-18)28(31,32)33)16-39-9-7-38(8-10-39)11-12-40/h1-6,13-15,40H,7-12,16H2,(H,34,35)(H2,36,37,41). The quantitative estimate of drug-likeness (QED) is 0.186. The molecule has 222 valence electrons. The highest BCUT2D eigenvalue weighted by molar-refractivity contribution is 6.36. The first kappa shape index (κ1) is 29.6. The number of halogens is 5. The van der Waals surface area contributed by atoms with Crippen molar-refractivity contribution in [2.75, 3.05) is 50.0 Å². The molecule has 1 saturated heterocycles. The summed E-state index contributed by atoms with van der Waals surface area (Å²) in [6, 6.07) is 7.98. The van der Waals surface area contributed by atoms with Crippen molar-refractivity contribution in [2.24, 2.45) is 0 Å². The average molecular weight is 607 g/mol. The molecule has 2 amide bonds. The highest BCUT2D eigenvalue weighted by Crippen LogP contribution is 2.36. The van der Waals surface area contributed by atoms with Crippen LogP contribution >= 0.6 is 11.6 Å². The highest BCUT2D eigenvalue weighted by atomic mass is 35.5. The molecule has 0 unspecified atom stereocenters. The molecule has 42 heavy (non-hydrogen) atoms. The fourth-order valence-electron chi connectivity index (χ4n) is 4.75. The molecule has 4 N–H and O–H groups in total. The number of ether oxygens (including phenoxy) is 1. The molecule has 2 aromatic heterocycles. The van der Waals surface area contributed by atoms with E-state index in [2.05, 4.69) is 20.6 Å². The molecule has 9 nitrogen and oxygen atoms in total. The first-order valence-corrected chi connectivity index (χ1v) is 13.4. The number of hydrogen-bond acceptors (Lipinski definition) is 6. The van der Waals surface area contributed by atoms with Gasteiger partial charge >= 0.3 is 12.2 Å². The lowest BCUT2D eigenvalue weighted by Crippen LogP contribution is -2.46. The number of carbonyl (C=O) groups is 1. The van der Waals surface area contributed by atoms with Crippen LogP contribution in [-0.4, -0.2) is 70.2 Å². The van der Waals surface area contributed by atoms with Crippen LogP contribution in [0.25, 0.3) is 11.0 Å². The van der Waals surface area contributed by atoms with Crippen LogP contribution < -0.4 is 15.4 Å². The first-order valence-electron chi connectivity index (χ1n) is 13.0. The normalized spacial score (nSPS) is 14.7. The minimum absolute atomic E-state index is 0.0340. The summed E-state index contributed by atoms with van der Waals surface area (Å²) in [5.41, 5.74) is -0.586. The van der Waals surface area contributed by atoms with Crippen LogP contribution in [0.5, 0.6) is 11.5 Å². The van der Waals surface area contributed by atoms with Gasteiger partial charge in [-0.2, -0.15) is 13.2 Å². The molecular weight excluding hydrogens is 580 g/mol. The van der Waals surface area contributed by atoms with Gasteiger partial charge in [0.05, 0.1) is 28.3 Å². The number of β-amino-alcohol motifs (C(OH)–C–C–N with tert-alkyl or cyclic N) is 1. The number of aliphatic hydroxyl groups excluding tert-OH is 1. The zero-order valence-corrected chi connectivity index (χ0v) is 22.9. The van der Waals surface area contributed by atoms with Crippen LogP contribution in [0.1, 0.15) is 11.1 Å². The third-order valence-corrected chi connectivity index (χ3v) is 7.15. The topological polar surface area (TPSA) is 106 Å². The average Bonchev–Trinajstić information content (AvgIpc) is 3.33. The molecule has 1 aliphatic rings. The van der Waals surface area contributed by atoms with Gasteiger partial charge < -0.3 is 25.5 Å². The van der Waals surface area contributed by atoms with Gasteiger partial charge in [-0.05, 0) is 35.9 Å². The number of amides is 2. The largest absolute Gasteiger partial charge is 0.456 e. The molecule has 3 heterocycles. The molecule has 0 atom stereocenters. The summed E-state index contributed by atoms with van der Waals surface area (Å²) < 4.78 is 62.3. The summed E-state index contributed by atoms with van der Waals surface area (Å²) in [5.74, 6) is -0.348. The number of aliphatic hydroxyl groups is 1. The zero-order chi connectivity index (χ0) is 29.9. The fraction of sp³-hybridized carbons (Fsp3) is 0.286. The van der Waals surface area contributed by atoms with Crippen LogP contribution in [0, 0.1) is 5.82 Å². The first-order chi connectivity index (χ1) is 20.1. The van der Waals surface area contributed by atoms with E-state index in [4.69, 9.17) is 21.4 Å². The van der Waals surface area contributed by atoms with Gasteiger partial charge in [0.25, 0.3) is 0 Å². The van der Waals surface area contributed by atoms with Crippen LogP contribution in [0.15, 0.2) is 54.9 Å². The van der Waals surface area contributed by atoms with E-state index in [0.717, 1.165) is 12.1 Å².